The number of nitrogens with one attached hydrogen (secondary N) is 2. The number of carbonyl (C=O) groups excluding carboxylic acids is 1. The van der Waals surface area contributed by atoms with Gasteiger partial charge in [0.1, 0.15) is 17.2 Å². The van der Waals surface area contributed by atoms with Gasteiger partial charge in [-0.2, -0.15) is 0 Å². The molecule has 0 aromatic heterocycles. The average Bonchev–Trinajstić information content (AvgIpc) is 2.79. The predicted octanol–water partition coefficient (Wildman–Crippen LogP) is 4.73. The molecule has 8 nitrogen and oxygen atoms in total. The van der Waals surface area contributed by atoms with Crippen LogP contribution in [0.3, 0.4) is 0 Å². The van der Waals surface area contributed by atoms with Crippen LogP contribution in [0.2, 0.25) is 5.02 Å². The number of hydrogen-bond donors (Lipinski definition) is 2. The maximum Gasteiger partial charge on any atom is 0.262 e. The smallest absolute Gasteiger partial charge is 0.262 e. The maximum absolute atomic E-state index is 13.1. The Morgan fingerprint density at radius 2 is 1.52 bits per heavy atom. The number of para-hydroxylation sites is 2. The number of sulfonamides is 1. The second-order valence-corrected chi connectivity index (χ2v) is 8.99. The van der Waals surface area contributed by atoms with Gasteiger partial charge in [0.2, 0.25) is 0 Å². The summed E-state index contributed by atoms with van der Waals surface area (Å²) in [6.45, 7) is 1.64. The van der Waals surface area contributed by atoms with Gasteiger partial charge in [-0.05, 0) is 42.8 Å². The van der Waals surface area contributed by atoms with E-state index >= 15 is 0 Å². The Morgan fingerprint density at radius 1 is 0.848 bits per heavy atom. The highest BCUT2D eigenvalue weighted by molar-refractivity contribution is 7.92. The lowest BCUT2D eigenvalue weighted by atomic mass is 10.1. The van der Waals surface area contributed by atoms with Gasteiger partial charge in [-0.3, -0.25) is 9.52 Å². The van der Waals surface area contributed by atoms with Crippen molar-refractivity contribution in [1.82, 2.24) is 0 Å². The summed E-state index contributed by atoms with van der Waals surface area (Å²) in [5, 5.41) is 2.98. The molecule has 0 atom stereocenters. The third kappa shape index (κ3) is 5.32. The van der Waals surface area contributed by atoms with Crippen molar-refractivity contribution in [3.8, 4) is 17.2 Å². The summed E-state index contributed by atoms with van der Waals surface area (Å²) < 4.78 is 44.4. The van der Waals surface area contributed by atoms with Gasteiger partial charge in [-0.1, -0.05) is 29.8 Å². The lowest BCUT2D eigenvalue weighted by Crippen LogP contribution is -2.17. The van der Waals surface area contributed by atoms with Crippen LogP contribution in [0, 0.1) is 6.92 Å². The zero-order valence-electron chi connectivity index (χ0n) is 18.4. The van der Waals surface area contributed by atoms with E-state index in [1.54, 1.807) is 43.3 Å². The van der Waals surface area contributed by atoms with Crippen molar-refractivity contribution < 1.29 is 27.4 Å². The molecule has 3 aromatic carbocycles. The SMILES string of the molecule is COc1cc(OC)c(NC(=O)c2ccc(C)c(S(=O)(=O)Nc3ccccc3OC)c2)cc1Cl. The lowest BCUT2D eigenvalue weighted by Gasteiger charge is -2.15. The molecule has 3 rings (SSSR count). The van der Waals surface area contributed by atoms with Crippen LogP contribution in [0.1, 0.15) is 15.9 Å². The predicted molar refractivity (Wildman–Crippen MR) is 127 cm³/mol. The van der Waals surface area contributed by atoms with E-state index in [9.17, 15) is 13.2 Å². The largest absolute Gasteiger partial charge is 0.495 e. The first-order valence-electron chi connectivity index (χ1n) is 9.69. The van der Waals surface area contributed by atoms with Gasteiger partial charge < -0.3 is 19.5 Å². The molecule has 0 aliphatic heterocycles. The molecule has 0 spiro atoms. The van der Waals surface area contributed by atoms with Crippen LogP contribution < -0.4 is 24.2 Å². The minimum Gasteiger partial charge on any atom is -0.495 e. The molecule has 174 valence electrons. The molecule has 0 radical (unpaired) electrons. The molecule has 0 saturated heterocycles. The Morgan fingerprint density at radius 3 is 2.18 bits per heavy atom. The Labute approximate surface area is 197 Å². The van der Waals surface area contributed by atoms with Gasteiger partial charge in [0, 0.05) is 11.6 Å². The topological polar surface area (TPSA) is 103 Å². The molecule has 0 saturated carbocycles. The number of ether oxygens (including phenoxy) is 3. The van der Waals surface area contributed by atoms with Crippen molar-refractivity contribution in [1.29, 1.82) is 0 Å². The van der Waals surface area contributed by atoms with E-state index in [1.807, 2.05) is 0 Å². The van der Waals surface area contributed by atoms with Crippen LogP contribution in [0.25, 0.3) is 0 Å². The van der Waals surface area contributed by atoms with Gasteiger partial charge in [0.05, 0.1) is 42.6 Å². The van der Waals surface area contributed by atoms with Gasteiger partial charge in [-0.25, -0.2) is 8.42 Å². The normalized spacial score (nSPS) is 10.9. The first-order chi connectivity index (χ1) is 15.7. The summed E-state index contributed by atoms with van der Waals surface area (Å²) in [5.74, 6) is 0.555. The Hall–Kier alpha value is -3.43. The molecular formula is C23H23ClN2O6S. The van der Waals surface area contributed by atoms with E-state index in [-0.39, 0.29) is 21.2 Å². The quantitative estimate of drug-likeness (QED) is 0.473. The number of halogens is 1. The van der Waals surface area contributed by atoms with E-state index in [2.05, 4.69) is 10.0 Å². The molecule has 1 amide bonds. The van der Waals surface area contributed by atoms with Crippen molar-refractivity contribution in [3.05, 3.63) is 70.7 Å². The third-order valence-corrected chi connectivity index (χ3v) is 6.62. The number of rotatable bonds is 8. The van der Waals surface area contributed by atoms with Gasteiger partial charge in [-0.15, -0.1) is 0 Å². The minimum atomic E-state index is -4.01. The second-order valence-electron chi connectivity index (χ2n) is 6.93. The molecular weight excluding hydrogens is 468 g/mol. The zero-order valence-corrected chi connectivity index (χ0v) is 20.0. The first kappa shape index (κ1) is 24.2. The van der Waals surface area contributed by atoms with E-state index in [4.69, 9.17) is 25.8 Å². The van der Waals surface area contributed by atoms with E-state index < -0.39 is 15.9 Å². The number of carbonyl (C=O) groups is 1. The van der Waals surface area contributed by atoms with E-state index in [0.717, 1.165) is 0 Å². The Kier molecular flexibility index (Phi) is 7.35. The van der Waals surface area contributed by atoms with Gasteiger partial charge >= 0.3 is 0 Å². The van der Waals surface area contributed by atoms with Crippen LogP contribution in [0.4, 0.5) is 11.4 Å². The fraction of sp³-hybridized carbons (Fsp3) is 0.174. The fourth-order valence-electron chi connectivity index (χ4n) is 3.11. The molecule has 3 aromatic rings. The Balaban J connectivity index is 1.93. The first-order valence-corrected chi connectivity index (χ1v) is 11.6. The second kappa shape index (κ2) is 10.0. The lowest BCUT2D eigenvalue weighted by molar-refractivity contribution is 0.102. The molecule has 0 fully saturated rings. The molecule has 33 heavy (non-hydrogen) atoms. The Bertz CT molecular complexity index is 1290. The van der Waals surface area contributed by atoms with Crippen LogP contribution >= 0.6 is 11.6 Å². The monoisotopic (exact) mass is 490 g/mol. The van der Waals surface area contributed by atoms with E-state index in [1.165, 1.54) is 39.5 Å². The number of methoxy groups -OCH3 is 3. The standard InChI is InChI=1S/C23H23ClN2O6S/c1-14-9-10-15(23(27)25-18-12-16(24)20(31-3)13-21(18)32-4)11-22(14)33(28,29)26-17-7-5-6-8-19(17)30-2/h5-13,26H,1-4H3,(H,25,27). The minimum absolute atomic E-state index is 0.0409. The van der Waals surface area contributed by atoms with Gasteiger partial charge in [0.15, 0.2) is 0 Å². The molecule has 0 aliphatic rings. The molecule has 0 heterocycles. The highest BCUT2D eigenvalue weighted by atomic mass is 35.5. The zero-order chi connectivity index (χ0) is 24.2. The van der Waals surface area contributed by atoms with Crippen LogP contribution in [0.15, 0.2) is 59.5 Å². The van der Waals surface area contributed by atoms with Gasteiger partial charge in [0.25, 0.3) is 15.9 Å². The number of anilines is 2. The molecule has 2 N–H and O–H groups in total. The number of amides is 1. The summed E-state index contributed by atoms with van der Waals surface area (Å²) in [7, 11) is 0.349. The number of aryl methyl sites for hydroxylation is 1. The molecule has 0 aliphatic carbocycles. The molecule has 0 bridgehead atoms. The van der Waals surface area contributed by atoms with Crippen molar-refractivity contribution in [2.75, 3.05) is 31.4 Å². The van der Waals surface area contributed by atoms with Crippen LogP contribution in [-0.4, -0.2) is 35.7 Å². The van der Waals surface area contributed by atoms with Crippen molar-refractivity contribution >= 4 is 38.9 Å². The third-order valence-electron chi connectivity index (χ3n) is 4.81. The summed E-state index contributed by atoms with van der Waals surface area (Å²) in [6, 6.07) is 14.1. The van der Waals surface area contributed by atoms with Crippen molar-refractivity contribution in [2.24, 2.45) is 0 Å². The summed E-state index contributed by atoms with van der Waals surface area (Å²) in [5.41, 5.74) is 1.20. The highest BCUT2D eigenvalue weighted by Gasteiger charge is 2.21. The van der Waals surface area contributed by atoms with Crippen LogP contribution in [0.5, 0.6) is 17.2 Å². The summed E-state index contributed by atoms with van der Waals surface area (Å²) in [4.78, 5) is 12.9. The summed E-state index contributed by atoms with van der Waals surface area (Å²) in [6.07, 6.45) is 0. The number of benzene rings is 3. The molecule has 0 unspecified atom stereocenters. The summed E-state index contributed by atoms with van der Waals surface area (Å²) >= 11 is 6.17. The molecule has 10 heteroatoms. The van der Waals surface area contributed by atoms with E-state index in [0.29, 0.717) is 28.5 Å². The van der Waals surface area contributed by atoms with Crippen molar-refractivity contribution in [2.45, 2.75) is 11.8 Å². The average molecular weight is 491 g/mol. The van der Waals surface area contributed by atoms with Crippen molar-refractivity contribution in [3.63, 3.8) is 0 Å². The number of hydrogen-bond acceptors (Lipinski definition) is 6. The van der Waals surface area contributed by atoms with Crippen LogP contribution in [-0.2, 0) is 10.0 Å². The fourth-order valence-corrected chi connectivity index (χ4v) is 4.69. The maximum atomic E-state index is 13.1. The highest BCUT2D eigenvalue weighted by Crippen LogP contribution is 2.36.